The van der Waals surface area contributed by atoms with Crippen LogP contribution in [0, 0.1) is 0 Å². The van der Waals surface area contributed by atoms with Gasteiger partial charge in [-0.2, -0.15) is 0 Å². The Morgan fingerprint density at radius 1 is 0.306 bits per heavy atom. The van der Waals surface area contributed by atoms with E-state index in [1.165, 1.54) is 58.8 Å². The lowest BCUT2D eigenvalue weighted by Crippen LogP contribution is -2.00. The number of thiophene rings is 1. The summed E-state index contributed by atoms with van der Waals surface area (Å²) < 4.78 is 4.80. The largest absolute Gasteiger partial charge is 0.309 e. The Labute approximate surface area is 362 Å². The predicted molar refractivity (Wildman–Crippen MR) is 260 cm³/mol. The van der Waals surface area contributed by atoms with Crippen molar-refractivity contribution in [2.75, 3.05) is 0 Å². The third kappa shape index (κ3) is 6.26. The molecular formula is C57H36N4S. The van der Waals surface area contributed by atoms with Gasteiger partial charge in [-0.05, 0) is 88.0 Å². The molecule has 4 nitrogen and oxygen atoms in total. The van der Waals surface area contributed by atoms with Crippen molar-refractivity contribution in [3.05, 3.63) is 218 Å². The number of nitrogens with zero attached hydrogens (tertiary/aromatic N) is 4. The van der Waals surface area contributed by atoms with Crippen molar-refractivity contribution in [2.45, 2.75) is 0 Å². The first kappa shape index (κ1) is 35.9. The fraction of sp³-hybridized carbons (Fsp3) is 0. The van der Waals surface area contributed by atoms with E-state index in [1.807, 2.05) is 24.3 Å². The molecule has 62 heavy (non-hydrogen) atoms. The summed E-state index contributed by atoms with van der Waals surface area (Å²) in [5, 5.41) is 4.79. The minimum absolute atomic E-state index is 0.643. The molecule has 0 fully saturated rings. The first-order valence-electron chi connectivity index (χ1n) is 20.8. The van der Waals surface area contributed by atoms with Crippen LogP contribution in [0.5, 0.6) is 0 Å². The van der Waals surface area contributed by atoms with Gasteiger partial charge >= 0.3 is 0 Å². The minimum Gasteiger partial charge on any atom is -0.309 e. The van der Waals surface area contributed by atoms with Gasteiger partial charge in [-0.25, -0.2) is 15.0 Å². The molecule has 0 bridgehead atoms. The van der Waals surface area contributed by atoms with E-state index >= 15 is 0 Å². The molecule has 0 unspecified atom stereocenters. The molecule has 0 aliphatic heterocycles. The lowest BCUT2D eigenvalue weighted by molar-refractivity contribution is 1.08. The predicted octanol–water partition coefficient (Wildman–Crippen LogP) is 15.3. The number of hydrogen-bond acceptors (Lipinski definition) is 4. The summed E-state index contributed by atoms with van der Waals surface area (Å²) in [4.78, 5) is 15.5. The number of rotatable bonds is 7. The lowest BCUT2D eigenvalue weighted by Gasteiger charge is -2.10. The Kier molecular flexibility index (Phi) is 8.65. The quantitative estimate of drug-likeness (QED) is 0.161. The number of fused-ring (bicyclic) bond motifs is 6. The highest BCUT2D eigenvalue weighted by molar-refractivity contribution is 7.26. The van der Waals surface area contributed by atoms with Crippen LogP contribution in [0.15, 0.2) is 218 Å². The van der Waals surface area contributed by atoms with Crippen molar-refractivity contribution in [3.63, 3.8) is 0 Å². The molecular weight excluding hydrogens is 773 g/mol. The molecule has 0 aliphatic rings. The topological polar surface area (TPSA) is 43.6 Å². The number of benzene rings is 9. The van der Waals surface area contributed by atoms with E-state index in [0.717, 1.165) is 38.9 Å². The maximum Gasteiger partial charge on any atom is 0.164 e. The normalized spacial score (nSPS) is 11.5. The Bertz CT molecular complexity index is 3600. The maximum atomic E-state index is 5.22. The maximum absolute atomic E-state index is 5.22. The second kappa shape index (κ2) is 14.9. The summed E-state index contributed by atoms with van der Waals surface area (Å²) in [6.45, 7) is 0. The van der Waals surface area contributed by atoms with Crippen LogP contribution in [0.4, 0.5) is 0 Å². The van der Waals surface area contributed by atoms with Crippen molar-refractivity contribution in [3.8, 4) is 73.2 Å². The minimum atomic E-state index is 0.643. The van der Waals surface area contributed by atoms with Crippen LogP contribution in [-0.2, 0) is 0 Å². The summed E-state index contributed by atoms with van der Waals surface area (Å²) >= 11 is 1.81. The van der Waals surface area contributed by atoms with Crippen molar-refractivity contribution >= 4 is 53.3 Å². The second-order valence-corrected chi connectivity index (χ2v) is 16.7. The van der Waals surface area contributed by atoms with Gasteiger partial charge < -0.3 is 4.57 Å². The van der Waals surface area contributed by atoms with Crippen LogP contribution in [0.2, 0.25) is 0 Å². The molecule has 0 spiro atoms. The summed E-state index contributed by atoms with van der Waals surface area (Å²) in [5.74, 6) is 1.94. The smallest absolute Gasteiger partial charge is 0.164 e. The molecule has 0 radical (unpaired) electrons. The number of aromatic nitrogens is 4. The molecule has 0 saturated heterocycles. The van der Waals surface area contributed by atoms with E-state index in [0.29, 0.717) is 17.5 Å². The van der Waals surface area contributed by atoms with Crippen molar-refractivity contribution in [2.24, 2.45) is 0 Å². The molecule has 0 N–H and O–H groups in total. The van der Waals surface area contributed by atoms with Gasteiger partial charge in [0.05, 0.1) is 11.0 Å². The summed E-state index contributed by atoms with van der Waals surface area (Å²) in [6.07, 6.45) is 0. The monoisotopic (exact) mass is 808 g/mol. The lowest BCUT2D eigenvalue weighted by atomic mass is 9.98. The number of para-hydroxylation sites is 1. The van der Waals surface area contributed by atoms with E-state index in [4.69, 9.17) is 15.0 Å². The second-order valence-electron chi connectivity index (χ2n) is 15.6. The fourth-order valence-electron chi connectivity index (χ4n) is 8.85. The molecule has 9 aromatic carbocycles. The van der Waals surface area contributed by atoms with Gasteiger partial charge in [0.25, 0.3) is 0 Å². The summed E-state index contributed by atoms with van der Waals surface area (Å²) in [6, 6.07) is 77.6. The molecule has 12 rings (SSSR count). The zero-order chi connectivity index (χ0) is 41.0. The molecule has 12 aromatic rings. The van der Waals surface area contributed by atoms with E-state index in [1.54, 1.807) is 11.3 Å². The SMILES string of the molecule is c1ccc(-c2ccc(-c3nc(-c4ccccc4)nc(-c4cccc5sc6ccc(-c7ccc8c(c7)c7cc(-c9ccccc9)ccc7n8-c7ccccc7)cc6c45)n3)cc2)cc1. The molecule has 0 aliphatic carbocycles. The van der Waals surface area contributed by atoms with E-state index < -0.39 is 0 Å². The highest BCUT2D eigenvalue weighted by Crippen LogP contribution is 2.43. The zero-order valence-corrected chi connectivity index (χ0v) is 34.3. The van der Waals surface area contributed by atoms with Gasteiger partial charge in [-0.15, -0.1) is 11.3 Å². The standard InChI is InChI=1S/C57H36N4S/c1-5-14-37(15-6-1)39-24-26-41(27-25-39)56-58-55(40-18-9-3-10-19-40)59-57(60-56)46-22-13-23-53-54(46)49-36-44(30-33-52(49)62-53)43-29-32-51-48(35-43)47-34-42(38-16-7-2-8-17-38)28-31-50(47)61(51)45-20-11-4-12-21-45/h1-36H. The molecule has 290 valence electrons. The van der Waals surface area contributed by atoms with Gasteiger partial charge in [0.2, 0.25) is 0 Å². The van der Waals surface area contributed by atoms with Crippen molar-refractivity contribution < 1.29 is 0 Å². The third-order valence-electron chi connectivity index (χ3n) is 11.9. The van der Waals surface area contributed by atoms with Gasteiger partial charge in [-0.1, -0.05) is 164 Å². The highest BCUT2D eigenvalue weighted by Gasteiger charge is 2.19. The first-order chi connectivity index (χ1) is 30.7. The number of hydrogen-bond donors (Lipinski definition) is 0. The molecule has 3 aromatic heterocycles. The molecule has 0 atom stereocenters. The molecule has 0 saturated carbocycles. The van der Waals surface area contributed by atoms with Crippen LogP contribution in [0.1, 0.15) is 0 Å². The average Bonchev–Trinajstić information content (AvgIpc) is 3.90. The molecule has 3 heterocycles. The Balaban J connectivity index is 1.01. The Morgan fingerprint density at radius 3 is 1.35 bits per heavy atom. The summed E-state index contributed by atoms with van der Waals surface area (Å²) in [5.41, 5.74) is 13.4. The fourth-order valence-corrected chi connectivity index (χ4v) is 9.96. The van der Waals surface area contributed by atoms with Crippen molar-refractivity contribution in [1.29, 1.82) is 0 Å². The molecule has 5 heteroatoms. The first-order valence-corrected chi connectivity index (χ1v) is 21.7. The van der Waals surface area contributed by atoms with Crippen LogP contribution >= 0.6 is 11.3 Å². The Morgan fingerprint density at radius 2 is 0.742 bits per heavy atom. The van der Waals surface area contributed by atoms with Crippen LogP contribution in [-0.4, -0.2) is 19.5 Å². The van der Waals surface area contributed by atoms with Crippen LogP contribution in [0.3, 0.4) is 0 Å². The van der Waals surface area contributed by atoms with Gasteiger partial charge in [0.15, 0.2) is 17.5 Å². The van der Waals surface area contributed by atoms with Gasteiger partial charge in [0, 0.05) is 53.3 Å². The highest BCUT2D eigenvalue weighted by atomic mass is 32.1. The van der Waals surface area contributed by atoms with Crippen molar-refractivity contribution in [1.82, 2.24) is 19.5 Å². The van der Waals surface area contributed by atoms with E-state index in [9.17, 15) is 0 Å². The van der Waals surface area contributed by atoms with Gasteiger partial charge in [0.1, 0.15) is 0 Å². The van der Waals surface area contributed by atoms with Crippen LogP contribution < -0.4 is 0 Å². The van der Waals surface area contributed by atoms with E-state index in [2.05, 4.69) is 199 Å². The zero-order valence-electron chi connectivity index (χ0n) is 33.5. The summed E-state index contributed by atoms with van der Waals surface area (Å²) in [7, 11) is 0. The average molecular weight is 809 g/mol. The third-order valence-corrected chi connectivity index (χ3v) is 13.0. The van der Waals surface area contributed by atoms with Gasteiger partial charge in [-0.3, -0.25) is 0 Å². The van der Waals surface area contributed by atoms with E-state index in [-0.39, 0.29) is 0 Å². The molecule has 0 amide bonds. The Hall–Kier alpha value is -7.99. The van der Waals surface area contributed by atoms with Crippen LogP contribution in [0.25, 0.3) is 115 Å².